The summed E-state index contributed by atoms with van der Waals surface area (Å²) in [7, 11) is -3.25. The Morgan fingerprint density at radius 1 is 1.48 bits per heavy atom. The third-order valence-corrected chi connectivity index (χ3v) is 4.79. The van der Waals surface area contributed by atoms with Gasteiger partial charge in [0.25, 0.3) is 0 Å². The quantitative estimate of drug-likeness (QED) is 0.839. The fourth-order valence-electron chi connectivity index (χ4n) is 2.99. The van der Waals surface area contributed by atoms with Gasteiger partial charge in [0.05, 0.1) is 12.3 Å². The summed E-state index contributed by atoms with van der Waals surface area (Å²) in [6.07, 6.45) is 7.07. The van der Waals surface area contributed by atoms with Crippen molar-refractivity contribution in [1.29, 1.82) is 0 Å². The lowest BCUT2D eigenvalue weighted by Crippen LogP contribution is -2.42. The van der Waals surface area contributed by atoms with Crippen LogP contribution in [0.4, 0.5) is 0 Å². The van der Waals surface area contributed by atoms with E-state index in [9.17, 15) is 13.2 Å². The predicted molar refractivity (Wildman–Crippen MR) is 88.6 cm³/mol. The molecule has 0 bridgehead atoms. The Balaban J connectivity index is 1.95. The van der Waals surface area contributed by atoms with Crippen LogP contribution in [0.3, 0.4) is 0 Å². The molecule has 23 heavy (non-hydrogen) atoms. The van der Waals surface area contributed by atoms with Crippen LogP contribution in [0.25, 0.3) is 0 Å². The number of sulfonamides is 1. The summed E-state index contributed by atoms with van der Waals surface area (Å²) in [6.45, 7) is 5.78. The fraction of sp³-hybridized carbons (Fsp3) is 0.733. The molecule has 0 spiro atoms. The van der Waals surface area contributed by atoms with Crippen molar-refractivity contribution >= 4 is 15.9 Å². The van der Waals surface area contributed by atoms with E-state index in [4.69, 9.17) is 0 Å². The van der Waals surface area contributed by atoms with E-state index in [1.54, 1.807) is 0 Å². The normalized spacial score (nSPS) is 19.3. The Labute approximate surface area is 138 Å². The van der Waals surface area contributed by atoms with E-state index in [1.807, 2.05) is 17.3 Å². The molecule has 1 saturated heterocycles. The average Bonchev–Trinajstić information content (AvgIpc) is 2.95. The highest BCUT2D eigenvalue weighted by Gasteiger charge is 2.26. The van der Waals surface area contributed by atoms with Crippen LogP contribution < -0.4 is 4.72 Å². The molecule has 1 aliphatic rings. The van der Waals surface area contributed by atoms with Crippen molar-refractivity contribution in [2.75, 3.05) is 25.9 Å². The summed E-state index contributed by atoms with van der Waals surface area (Å²) in [5, 5.41) is 0. The topological polar surface area (TPSA) is 84.3 Å². The molecule has 1 aromatic rings. The average molecular weight is 342 g/mol. The lowest BCUT2D eigenvalue weighted by atomic mass is 10.0. The summed E-state index contributed by atoms with van der Waals surface area (Å²) in [4.78, 5) is 18.5. The van der Waals surface area contributed by atoms with Crippen LogP contribution in [0.2, 0.25) is 0 Å². The number of rotatable bonds is 6. The Morgan fingerprint density at radius 2 is 2.22 bits per heavy atom. The maximum Gasteiger partial charge on any atom is 0.223 e. The Kier molecular flexibility index (Phi) is 5.80. The summed E-state index contributed by atoms with van der Waals surface area (Å²) >= 11 is 0. The van der Waals surface area contributed by atoms with Crippen LogP contribution >= 0.6 is 0 Å². The predicted octanol–water partition coefficient (Wildman–Crippen LogP) is 1.11. The van der Waals surface area contributed by atoms with Crippen molar-refractivity contribution in [3.8, 4) is 0 Å². The Hall–Kier alpha value is -1.41. The van der Waals surface area contributed by atoms with Gasteiger partial charge in [-0.3, -0.25) is 4.79 Å². The largest absolute Gasteiger partial charge is 0.341 e. The number of hydrogen-bond acceptors (Lipinski definition) is 4. The van der Waals surface area contributed by atoms with Crippen LogP contribution in [0.5, 0.6) is 0 Å². The van der Waals surface area contributed by atoms with Gasteiger partial charge >= 0.3 is 0 Å². The molecule has 1 aromatic heterocycles. The molecule has 1 atom stereocenters. The lowest BCUT2D eigenvalue weighted by Gasteiger charge is -2.34. The number of hydrogen-bond donors (Lipinski definition) is 1. The molecule has 0 aromatic carbocycles. The molecule has 130 valence electrons. The van der Waals surface area contributed by atoms with E-state index in [0.717, 1.165) is 31.5 Å². The van der Waals surface area contributed by atoms with Crippen LogP contribution in [-0.2, 0) is 14.8 Å². The van der Waals surface area contributed by atoms with Crippen molar-refractivity contribution in [3.05, 3.63) is 18.2 Å². The zero-order valence-electron chi connectivity index (χ0n) is 14.0. The van der Waals surface area contributed by atoms with E-state index in [0.29, 0.717) is 12.5 Å². The van der Waals surface area contributed by atoms with Gasteiger partial charge in [0.1, 0.15) is 5.82 Å². The molecule has 7 nitrogen and oxygen atoms in total. The number of nitrogens with one attached hydrogen (secondary N) is 1. The number of carbonyl (C=O) groups is 1. The minimum atomic E-state index is -3.25. The first-order valence-electron chi connectivity index (χ1n) is 8.03. The number of nitrogens with zero attached hydrogens (tertiary/aromatic N) is 3. The van der Waals surface area contributed by atoms with Crippen molar-refractivity contribution in [3.63, 3.8) is 0 Å². The van der Waals surface area contributed by atoms with Gasteiger partial charge in [0, 0.05) is 44.4 Å². The number of carbonyl (C=O) groups excluding carboxylic acids is 1. The minimum absolute atomic E-state index is 0.00272. The number of likely N-dealkylation sites (tertiary alicyclic amines) is 1. The summed E-state index contributed by atoms with van der Waals surface area (Å²) in [5.74, 6) is 1.38. The first kappa shape index (κ1) is 17.9. The second-order valence-corrected chi connectivity index (χ2v) is 8.23. The van der Waals surface area contributed by atoms with Crippen molar-refractivity contribution in [2.24, 2.45) is 0 Å². The van der Waals surface area contributed by atoms with Crippen LogP contribution in [0, 0.1) is 0 Å². The Morgan fingerprint density at radius 3 is 2.87 bits per heavy atom. The number of amides is 1. The smallest absolute Gasteiger partial charge is 0.223 e. The van der Waals surface area contributed by atoms with E-state index in [1.165, 1.54) is 0 Å². The molecule has 8 heteroatoms. The van der Waals surface area contributed by atoms with Gasteiger partial charge in [-0.05, 0) is 12.8 Å². The lowest BCUT2D eigenvalue weighted by molar-refractivity contribution is -0.132. The minimum Gasteiger partial charge on any atom is -0.341 e. The monoisotopic (exact) mass is 342 g/mol. The van der Waals surface area contributed by atoms with Gasteiger partial charge in [0.15, 0.2) is 0 Å². The maximum absolute atomic E-state index is 12.3. The van der Waals surface area contributed by atoms with Gasteiger partial charge in [-0.15, -0.1) is 0 Å². The van der Waals surface area contributed by atoms with Crippen molar-refractivity contribution < 1.29 is 13.2 Å². The van der Waals surface area contributed by atoms with E-state index in [-0.39, 0.29) is 24.9 Å². The first-order chi connectivity index (χ1) is 10.8. The summed E-state index contributed by atoms with van der Waals surface area (Å²) < 4.78 is 26.6. The Bertz CT molecular complexity index is 639. The third-order valence-electron chi connectivity index (χ3n) is 4.06. The highest BCUT2D eigenvalue weighted by Crippen LogP contribution is 2.25. The molecule has 0 unspecified atom stereocenters. The highest BCUT2D eigenvalue weighted by molar-refractivity contribution is 7.88. The number of aromatic nitrogens is 2. The van der Waals surface area contributed by atoms with E-state index >= 15 is 0 Å². The second-order valence-electron chi connectivity index (χ2n) is 6.40. The maximum atomic E-state index is 12.3. The zero-order chi connectivity index (χ0) is 17.0. The molecule has 2 rings (SSSR count). The highest BCUT2D eigenvalue weighted by atomic mass is 32.2. The molecule has 2 heterocycles. The van der Waals surface area contributed by atoms with Crippen molar-refractivity contribution in [2.45, 2.75) is 45.1 Å². The molecule has 1 N–H and O–H groups in total. The van der Waals surface area contributed by atoms with Crippen LogP contribution in [0.15, 0.2) is 12.4 Å². The molecule has 0 radical (unpaired) electrons. The molecule has 0 saturated carbocycles. The number of imidazole rings is 1. The number of piperidine rings is 1. The third kappa shape index (κ3) is 5.04. The molecule has 1 aliphatic heterocycles. The zero-order valence-corrected chi connectivity index (χ0v) is 14.8. The first-order valence-corrected chi connectivity index (χ1v) is 9.92. The molecular formula is C15H26N4O3S. The fourth-order valence-corrected chi connectivity index (χ4v) is 3.46. The SMILES string of the molecule is CC(C)c1nccn1[C@H]1CCCN(C(=O)CCNS(C)(=O)=O)C1. The molecule has 1 fully saturated rings. The van der Waals surface area contributed by atoms with Gasteiger partial charge in [-0.2, -0.15) is 0 Å². The van der Waals surface area contributed by atoms with Gasteiger partial charge in [-0.1, -0.05) is 13.8 Å². The van der Waals surface area contributed by atoms with Crippen molar-refractivity contribution in [1.82, 2.24) is 19.2 Å². The molecular weight excluding hydrogens is 316 g/mol. The van der Waals surface area contributed by atoms with Gasteiger partial charge in [0.2, 0.25) is 15.9 Å². The van der Waals surface area contributed by atoms with E-state index in [2.05, 4.69) is 28.1 Å². The molecule has 1 amide bonds. The molecule has 0 aliphatic carbocycles. The summed E-state index contributed by atoms with van der Waals surface area (Å²) in [6, 6.07) is 0.246. The van der Waals surface area contributed by atoms with E-state index < -0.39 is 10.0 Å². The van der Waals surface area contributed by atoms with Crippen LogP contribution in [-0.4, -0.2) is 54.7 Å². The van der Waals surface area contributed by atoms with Gasteiger partial charge in [-0.25, -0.2) is 18.1 Å². The standard InChI is InChI=1S/C15H26N4O3S/c1-12(2)15-16-8-10-19(15)13-5-4-9-18(11-13)14(20)6-7-17-23(3,21)22/h8,10,12-13,17H,4-7,9,11H2,1-3H3/t13-/m0/s1. The second kappa shape index (κ2) is 7.44. The summed E-state index contributed by atoms with van der Waals surface area (Å²) in [5.41, 5.74) is 0. The van der Waals surface area contributed by atoms with Crippen LogP contribution in [0.1, 0.15) is 50.9 Å². The van der Waals surface area contributed by atoms with Gasteiger partial charge < -0.3 is 9.47 Å².